The lowest BCUT2D eigenvalue weighted by atomic mass is 10.3. The van der Waals surface area contributed by atoms with Gasteiger partial charge in [-0.15, -0.1) is 6.42 Å². The Labute approximate surface area is 84.9 Å². The molecule has 2 amide bonds. The van der Waals surface area contributed by atoms with Crippen LogP contribution < -0.4 is 10.1 Å². The van der Waals surface area contributed by atoms with Gasteiger partial charge >= 0.3 is 12.2 Å². The number of nitrogens with one attached hydrogen (secondary N) is 1. The number of rotatable bonds is 1. The fraction of sp³-hybridized carbons (Fsp3) is 0. The Morgan fingerprint density at radius 1 is 1.60 bits per heavy atom. The predicted molar refractivity (Wildman–Crippen MR) is 49.4 cm³/mol. The molecule has 1 aromatic rings. The van der Waals surface area contributed by atoms with Gasteiger partial charge in [0, 0.05) is 6.20 Å². The molecular formula is C9H6N2O4. The molecule has 1 heterocycles. The van der Waals surface area contributed by atoms with Crippen LogP contribution in [0.5, 0.6) is 5.88 Å². The Balaban J connectivity index is 2.77. The maximum atomic E-state index is 10.9. The van der Waals surface area contributed by atoms with E-state index in [9.17, 15) is 9.59 Å². The van der Waals surface area contributed by atoms with Crippen molar-refractivity contribution in [2.24, 2.45) is 0 Å². The molecule has 0 radical (unpaired) electrons. The number of terminal acetylenes is 1. The van der Waals surface area contributed by atoms with Crippen LogP contribution in [0.15, 0.2) is 18.3 Å². The molecule has 15 heavy (non-hydrogen) atoms. The van der Waals surface area contributed by atoms with Crippen molar-refractivity contribution in [1.29, 1.82) is 0 Å². The summed E-state index contributed by atoms with van der Waals surface area (Å²) < 4.78 is 4.56. The lowest BCUT2D eigenvalue weighted by Gasteiger charge is -2.03. The molecule has 1 aromatic heterocycles. The van der Waals surface area contributed by atoms with Gasteiger partial charge in [-0.05, 0) is 12.1 Å². The first-order valence-electron chi connectivity index (χ1n) is 3.77. The summed E-state index contributed by atoms with van der Waals surface area (Å²) in [4.78, 5) is 24.6. The standard InChI is InChI=1S/C9H6N2O4/c1-2-6-4-3-5-10-7(6)15-9(14)11-8(12)13/h1,3-5H,(H,11,14)(H,12,13). The molecule has 0 saturated carbocycles. The summed E-state index contributed by atoms with van der Waals surface area (Å²) in [6.07, 6.45) is 3.80. The molecular weight excluding hydrogens is 200 g/mol. The minimum Gasteiger partial charge on any atom is -0.465 e. The third-order valence-corrected chi connectivity index (χ3v) is 1.33. The van der Waals surface area contributed by atoms with Crippen LogP contribution in [0.3, 0.4) is 0 Å². The van der Waals surface area contributed by atoms with Gasteiger partial charge in [-0.2, -0.15) is 0 Å². The fourth-order valence-corrected chi connectivity index (χ4v) is 0.783. The number of amides is 2. The maximum Gasteiger partial charge on any atom is 0.423 e. The van der Waals surface area contributed by atoms with Crippen LogP contribution in [0.2, 0.25) is 0 Å². The average molecular weight is 206 g/mol. The Morgan fingerprint density at radius 2 is 2.33 bits per heavy atom. The molecule has 76 valence electrons. The van der Waals surface area contributed by atoms with Crippen molar-refractivity contribution in [2.45, 2.75) is 0 Å². The van der Waals surface area contributed by atoms with Crippen LogP contribution in [-0.4, -0.2) is 22.3 Å². The number of ether oxygens (including phenoxy) is 1. The van der Waals surface area contributed by atoms with E-state index in [-0.39, 0.29) is 11.4 Å². The van der Waals surface area contributed by atoms with Gasteiger partial charge < -0.3 is 9.84 Å². The lowest BCUT2D eigenvalue weighted by Crippen LogP contribution is -2.31. The van der Waals surface area contributed by atoms with Crippen LogP contribution in [0.1, 0.15) is 5.56 Å². The second-order valence-electron chi connectivity index (χ2n) is 2.32. The van der Waals surface area contributed by atoms with Gasteiger partial charge in [0.15, 0.2) is 0 Å². The van der Waals surface area contributed by atoms with Gasteiger partial charge in [-0.3, -0.25) is 0 Å². The predicted octanol–water partition coefficient (Wildman–Crippen LogP) is 0.829. The molecule has 0 spiro atoms. The molecule has 6 nitrogen and oxygen atoms in total. The minimum absolute atomic E-state index is 0.112. The summed E-state index contributed by atoms with van der Waals surface area (Å²) in [5.41, 5.74) is 0.262. The smallest absolute Gasteiger partial charge is 0.423 e. The third-order valence-electron chi connectivity index (χ3n) is 1.33. The molecule has 0 aliphatic heterocycles. The van der Waals surface area contributed by atoms with E-state index in [1.165, 1.54) is 17.6 Å². The van der Waals surface area contributed by atoms with E-state index in [1.807, 2.05) is 0 Å². The highest BCUT2D eigenvalue weighted by molar-refractivity contribution is 5.87. The van der Waals surface area contributed by atoms with Gasteiger partial charge in [0.2, 0.25) is 5.88 Å². The second-order valence-corrected chi connectivity index (χ2v) is 2.32. The topological polar surface area (TPSA) is 88.5 Å². The molecule has 6 heteroatoms. The van der Waals surface area contributed by atoms with Crippen molar-refractivity contribution in [3.05, 3.63) is 23.9 Å². The molecule has 0 bridgehead atoms. The molecule has 0 aliphatic carbocycles. The number of hydrogen-bond donors (Lipinski definition) is 2. The van der Waals surface area contributed by atoms with Crippen LogP contribution in [0, 0.1) is 12.3 Å². The Bertz CT molecular complexity index is 436. The van der Waals surface area contributed by atoms with E-state index in [4.69, 9.17) is 11.5 Å². The Morgan fingerprint density at radius 3 is 2.93 bits per heavy atom. The van der Waals surface area contributed by atoms with Gasteiger partial charge in [0.05, 0.1) is 5.56 Å². The van der Waals surface area contributed by atoms with Crippen LogP contribution in [0.25, 0.3) is 0 Å². The van der Waals surface area contributed by atoms with Crippen molar-refractivity contribution >= 4 is 12.2 Å². The highest BCUT2D eigenvalue weighted by Gasteiger charge is 2.10. The van der Waals surface area contributed by atoms with Gasteiger partial charge in [0.25, 0.3) is 0 Å². The summed E-state index contributed by atoms with van der Waals surface area (Å²) in [5, 5.41) is 9.71. The molecule has 2 N–H and O–H groups in total. The third kappa shape index (κ3) is 3.00. The highest BCUT2D eigenvalue weighted by Crippen LogP contribution is 2.12. The first-order chi connectivity index (χ1) is 7.13. The fourth-order valence-electron chi connectivity index (χ4n) is 0.783. The molecule has 0 aromatic carbocycles. The Kier molecular flexibility index (Phi) is 3.24. The first kappa shape index (κ1) is 10.5. The van der Waals surface area contributed by atoms with Crippen LogP contribution >= 0.6 is 0 Å². The number of carbonyl (C=O) groups is 2. The SMILES string of the molecule is C#Cc1cccnc1OC(=O)NC(=O)O. The number of carbonyl (C=O) groups excluding carboxylic acids is 1. The number of pyridine rings is 1. The van der Waals surface area contributed by atoms with Crippen molar-refractivity contribution in [3.8, 4) is 18.2 Å². The minimum atomic E-state index is -1.52. The number of aromatic nitrogens is 1. The summed E-state index contributed by atoms with van der Waals surface area (Å²) >= 11 is 0. The zero-order chi connectivity index (χ0) is 11.3. The molecule has 0 fully saturated rings. The van der Waals surface area contributed by atoms with Crippen molar-refractivity contribution in [1.82, 2.24) is 10.3 Å². The van der Waals surface area contributed by atoms with Crippen molar-refractivity contribution in [3.63, 3.8) is 0 Å². The second kappa shape index (κ2) is 4.62. The lowest BCUT2D eigenvalue weighted by molar-refractivity contribution is 0.176. The molecule has 0 aliphatic rings. The quantitative estimate of drug-likeness (QED) is 0.664. The average Bonchev–Trinajstić information content (AvgIpc) is 2.17. The van der Waals surface area contributed by atoms with Crippen molar-refractivity contribution < 1.29 is 19.4 Å². The van der Waals surface area contributed by atoms with E-state index in [1.54, 1.807) is 6.07 Å². The maximum absolute atomic E-state index is 10.9. The van der Waals surface area contributed by atoms with E-state index in [2.05, 4.69) is 15.6 Å². The number of imide groups is 1. The van der Waals surface area contributed by atoms with Gasteiger partial charge in [-0.25, -0.2) is 19.9 Å². The van der Waals surface area contributed by atoms with Gasteiger partial charge in [0.1, 0.15) is 0 Å². The van der Waals surface area contributed by atoms with E-state index >= 15 is 0 Å². The molecule has 1 rings (SSSR count). The van der Waals surface area contributed by atoms with Crippen LogP contribution in [0.4, 0.5) is 9.59 Å². The first-order valence-corrected chi connectivity index (χ1v) is 3.77. The highest BCUT2D eigenvalue weighted by atomic mass is 16.6. The number of hydrogen-bond acceptors (Lipinski definition) is 4. The molecule has 0 saturated heterocycles. The summed E-state index contributed by atoms with van der Waals surface area (Å²) in [5.74, 6) is 2.13. The largest absolute Gasteiger partial charge is 0.465 e. The van der Waals surface area contributed by atoms with Crippen molar-refractivity contribution in [2.75, 3.05) is 0 Å². The van der Waals surface area contributed by atoms with Gasteiger partial charge in [-0.1, -0.05) is 5.92 Å². The van der Waals surface area contributed by atoms with E-state index < -0.39 is 12.2 Å². The normalized spacial score (nSPS) is 8.73. The monoisotopic (exact) mass is 206 g/mol. The number of nitrogens with zero attached hydrogens (tertiary/aromatic N) is 1. The summed E-state index contributed by atoms with van der Waals surface area (Å²) in [7, 11) is 0. The number of carboxylic acid groups (broad SMARTS) is 1. The summed E-state index contributed by atoms with van der Waals surface area (Å²) in [6.45, 7) is 0. The Hall–Kier alpha value is -2.55. The van der Waals surface area contributed by atoms with Crippen LogP contribution in [-0.2, 0) is 0 Å². The van der Waals surface area contributed by atoms with E-state index in [0.717, 1.165) is 0 Å². The molecule has 0 atom stereocenters. The zero-order valence-electron chi connectivity index (χ0n) is 7.43. The molecule has 0 unspecified atom stereocenters. The zero-order valence-corrected chi connectivity index (χ0v) is 7.43. The summed E-state index contributed by atoms with van der Waals surface area (Å²) in [6, 6.07) is 3.08. The van der Waals surface area contributed by atoms with E-state index in [0.29, 0.717) is 0 Å².